The van der Waals surface area contributed by atoms with E-state index in [0.29, 0.717) is 0 Å². The zero-order valence-electron chi connectivity index (χ0n) is 12.8. The molecular weight excluding hydrogens is 310 g/mol. The van der Waals surface area contributed by atoms with Gasteiger partial charge in [0.2, 0.25) is 5.95 Å². The minimum Gasteiger partial charge on any atom is -0.463 e. The standard InChI is InChI=1S/C16H17N5OS/c1-20-5-4-17-15(20)12-11-18-16(21-6-9-23-10-7-21)19-14(12)13-3-2-8-22-13/h2-5,8,11H,6-7,9-10H2,1H3. The van der Waals surface area contributed by atoms with Gasteiger partial charge in [-0.1, -0.05) is 0 Å². The monoisotopic (exact) mass is 327 g/mol. The molecule has 0 bridgehead atoms. The van der Waals surface area contributed by atoms with E-state index in [1.54, 1.807) is 12.5 Å². The Hall–Kier alpha value is -2.28. The Morgan fingerprint density at radius 3 is 2.78 bits per heavy atom. The molecule has 0 atom stereocenters. The third kappa shape index (κ3) is 2.72. The van der Waals surface area contributed by atoms with Crippen LogP contribution >= 0.6 is 11.8 Å². The predicted octanol–water partition coefficient (Wildman–Crippen LogP) is 2.69. The highest BCUT2D eigenvalue weighted by Gasteiger charge is 2.20. The van der Waals surface area contributed by atoms with E-state index < -0.39 is 0 Å². The van der Waals surface area contributed by atoms with Gasteiger partial charge in [-0.2, -0.15) is 11.8 Å². The molecule has 1 aliphatic rings. The fourth-order valence-corrected chi connectivity index (χ4v) is 3.58. The van der Waals surface area contributed by atoms with Crippen LogP contribution in [0, 0.1) is 0 Å². The molecule has 3 aromatic heterocycles. The summed E-state index contributed by atoms with van der Waals surface area (Å²) in [6.07, 6.45) is 7.20. The van der Waals surface area contributed by atoms with Crippen molar-refractivity contribution in [3.63, 3.8) is 0 Å². The average molecular weight is 327 g/mol. The van der Waals surface area contributed by atoms with Crippen molar-refractivity contribution in [1.29, 1.82) is 0 Å². The predicted molar refractivity (Wildman–Crippen MR) is 91.5 cm³/mol. The zero-order valence-corrected chi connectivity index (χ0v) is 13.7. The molecule has 0 amide bonds. The van der Waals surface area contributed by atoms with E-state index in [9.17, 15) is 0 Å². The molecule has 0 unspecified atom stereocenters. The van der Waals surface area contributed by atoms with Gasteiger partial charge in [0.1, 0.15) is 11.5 Å². The molecule has 1 aliphatic heterocycles. The number of nitrogens with zero attached hydrogens (tertiary/aromatic N) is 5. The number of hydrogen-bond donors (Lipinski definition) is 0. The maximum atomic E-state index is 5.59. The van der Waals surface area contributed by atoms with Gasteiger partial charge in [0.15, 0.2) is 5.76 Å². The van der Waals surface area contributed by atoms with Gasteiger partial charge >= 0.3 is 0 Å². The van der Waals surface area contributed by atoms with Crippen LogP contribution in [-0.4, -0.2) is 44.1 Å². The molecule has 0 aromatic carbocycles. The average Bonchev–Trinajstić information content (AvgIpc) is 3.27. The number of aromatic nitrogens is 4. The maximum Gasteiger partial charge on any atom is 0.226 e. The first-order valence-electron chi connectivity index (χ1n) is 7.54. The summed E-state index contributed by atoms with van der Waals surface area (Å²) in [6, 6.07) is 3.79. The van der Waals surface area contributed by atoms with Crippen molar-refractivity contribution in [2.45, 2.75) is 0 Å². The summed E-state index contributed by atoms with van der Waals surface area (Å²) < 4.78 is 7.55. The van der Waals surface area contributed by atoms with Crippen molar-refractivity contribution in [1.82, 2.24) is 19.5 Å². The molecule has 6 nitrogen and oxygen atoms in total. The minimum absolute atomic E-state index is 0.734. The Morgan fingerprint density at radius 1 is 1.22 bits per heavy atom. The molecule has 7 heteroatoms. The van der Waals surface area contributed by atoms with E-state index >= 15 is 0 Å². The lowest BCUT2D eigenvalue weighted by Gasteiger charge is -2.26. The van der Waals surface area contributed by atoms with Gasteiger partial charge in [0.25, 0.3) is 0 Å². The zero-order chi connectivity index (χ0) is 15.6. The van der Waals surface area contributed by atoms with Gasteiger partial charge in [-0.05, 0) is 12.1 Å². The number of aryl methyl sites for hydroxylation is 1. The largest absolute Gasteiger partial charge is 0.463 e. The van der Waals surface area contributed by atoms with Gasteiger partial charge < -0.3 is 13.9 Å². The van der Waals surface area contributed by atoms with Crippen LogP contribution in [0.5, 0.6) is 0 Å². The van der Waals surface area contributed by atoms with E-state index in [1.165, 1.54) is 0 Å². The molecule has 23 heavy (non-hydrogen) atoms. The van der Waals surface area contributed by atoms with Gasteiger partial charge in [0, 0.05) is 50.2 Å². The van der Waals surface area contributed by atoms with Crippen LogP contribution < -0.4 is 4.90 Å². The van der Waals surface area contributed by atoms with Gasteiger partial charge in [0.05, 0.1) is 11.8 Å². The van der Waals surface area contributed by atoms with Crippen molar-refractivity contribution >= 4 is 17.7 Å². The first-order chi connectivity index (χ1) is 11.3. The number of rotatable bonds is 3. The fourth-order valence-electron chi connectivity index (χ4n) is 2.68. The Balaban J connectivity index is 1.82. The third-order valence-electron chi connectivity index (χ3n) is 3.89. The van der Waals surface area contributed by atoms with E-state index in [1.807, 2.05) is 47.9 Å². The van der Waals surface area contributed by atoms with Crippen LogP contribution in [0.15, 0.2) is 41.4 Å². The van der Waals surface area contributed by atoms with Crippen LogP contribution in [0.1, 0.15) is 0 Å². The summed E-state index contributed by atoms with van der Waals surface area (Å²) in [5.41, 5.74) is 1.66. The molecule has 4 rings (SSSR count). The highest BCUT2D eigenvalue weighted by molar-refractivity contribution is 7.99. The summed E-state index contributed by atoms with van der Waals surface area (Å²) in [7, 11) is 1.96. The summed E-state index contributed by atoms with van der Waals surface area (Å²) in [4.78, 5) is 16.0. The summed E-state index contributed by atoms with van der Waals surface area (Å²) in [6.45, 7) is 1.95. The maximum absolute atomic E-state index is 5.59. The Bertz CT molecular complexity index is 793. The van der Waals surface area contributed by atoms with Crippen molar-refractivity contribution in [2.24, 2.45) is 7.05 Å². The molecule has 4 heterocycles. The van der Waals surface area contributed by atoms with Crippen LogP contribution in [0.2, 0.25) is 0 Å². The van der Waals surface area contributed by atoms with Crippen molar-refractivity contribution in [2.75, 3.05) is 29.5 Å². The smallest absolute Gasteiger partial charge is 0.226 e. The topological polar surface area (TPSA) is 60.0 Å². The highest BCUT2D eigenvalue weighted by atomic mass is 32.2. The Morgan fingerprint density at radius 2 is 2.09 bits per heavy atom. The van der Waals surface area contributed by atoms with E-state index in [2.05, 4.69) is 14.9 Å². The quantitative estimate of drug-likeness (QED) is 0.737. The molecule has 0 aliphatic carbocycles. The van der Waals surface area contributed by atoms with E-state index in [4.69, 9.17) is 9.40 Å². The Kier molecular flexibility index (Phi) is 3.78. The number of hydrogen-bond acceptors (Lipinski definition) is 6. The highest BCUT2D eigenvalue weighted by Crippen LogP contribution is 2.31. The van der Waals surface area contributed by atoms with Gasteiger partial charge in [-0.3, -0.25) is 0 Å². The van der Waals surface area contributed by atoms with Crippen LogP contribution in [0.3, 0.4) is 0 Å². The number of furan rings is 1. The van der Waals surface area contributed by atoms with E-state index in [-0.39, 0.29) is 0 Å². The fraction of sp³-hybridized carbons (Fsp3) is 0.312. The van der Waals surface area contributed by atoms with Crippen LogP contribution in [-0.2, 0) is 7.05 Å². The SMILES string of the molecule is Cn1ccnc1-c1cnc(N2CCSCC2)nc1-c1ccco1. The molecule has 118 valence electrons. The lowest BCUT2D eigenvalue weighted by molar-refractivity contribution is 0.579. The third-order valence-corrected chi connectivity index (χ3v) is 4.83. The summed E-state index contributed by atoms with van der Waals surface area (Å²) in [5.74, 6) is 4.55. The molecule has 0 radical (unpaired) electrons. The number of thioether (sulfide) groups is 1. The molecule has 0 N–H and O–H groups in total. The second-order valence-corrected chi connectivity index (χ2v) is 6.60. The normalized spacial score (nSPS) is 15.1. The minimum atomic E-state index is 0.734. The molecule has 1 saturated heterocycles. The number of imidazole rings is 1. The van der Waals surface area contributed by atoms with Crippen LogP contribution in [0.4, 0.5) is 5.95 Å². The van der Waals surface area contributed by atoms with E-state index in [0.717, 1.165) is 53.4 Å². The molecular formula is C16H17N5OS. The molecule has 0 saturated carbocycles. The molecule has 1 fully saturated rings. The first-order valence-corrected chi connectivity index (χ1v) is 8.70. The second kappa shape index (κ2) is 6.08. The summed E-state index contributed by atoms with van der Waals surface area (Å²) in [5, 5.41) is 0. The van der Waals surface area contributed by atoms with Gasteiger partial charge in [-0.25, -0.2) is 15.0 Å². The van der Waals surface area contributed by atoms with Crippen LogP contribution in [0.25, 0.3) is 22.8 Å². The Labute approximate surface area is 138 Å². The lowest BCUT2D eigenvalue weighted by Crippen LogP contribution is -2.33. The van der Waals surface area contributed by atoms with Crippen molar-refractivity contribution in [3.05, 3.63) is 37.0 Å². The lowest BCUT2D eigenvalue weighted by atomic mass is 10.2. The van der Waals surface area contributed by atoms with Gasteiger partial charge in [-0.15, -0.1) is 0 Å². The second-order valence-electron chi connectivity index (χ2n) is 5.37. The molecule has 0 spiro atoms. The summed E-state index contributed by atoms with van der Waals surface area (Å²) >= 11 is 1.97. The van der Waals surface area contributed by atoms with Crippen molar-refractivity contribution in [3.8, 4) is 22.8 Å². The first kappa shape index (κ1) is 14.3. The molecule has 3 aromatic rings. The number of anilines is 1. The van der Waals surface area contributed by atoms with Crippen molar-refractivity contribution < 1.29 is 4.42 Å².